The van der Waals surface area contributed by atoms with E-state index in [1.54, 1.807) is 20.4 Å². The summed E-state index contributed by atoms with van der Waals surface area (Å²) in [6.07, 6.45) is 1.79. The van der Waals surface area contributed by atoms with Gasteiger partial charge in [0.15, 0.2) is 0 Å². The van der Waals surface area contributed by atoms with E-state index in [1.165, 1.54) is 16.6 Å². The lowest BCUT2D eigenvalue weighted by atomic mass is 10.2. The van der Waals surface area contributed by atoms with Crippen LogP contribution in [0.15, 0.2) is 12.3 Å². The number of aryl methyl sites for hydroxylation is 1. The fraction of sp³-hybridized carbons (Fsp3) is 0.462. The van der Waals surface area contributed by atoms with Crippen LogP contribution >= 0.6 is 0 Å². The zero-order valence-corrected chi connectivity index (χ0v) is 10.8. The summed E-state index contributed by atoms with van der Waals surface area (Å²) in [4.78, 5) is 4.26. The van der Waals surface area contributed by atoms with Gasteiger partial charge in [0.2, 0.25) is 5.88 Å². The van der Waals surface area contributed by atoms with Crippen LogP contribution in [0, 0.1) is 13.8 Å². The molecular formula is C13H18N2O2. The van der Waals surface area contributed by atoms with Crippen LogP contribution in [0.1, 0.15) is 11.3 Å². The summed E-state index contributed by atoms with van der Waals surface area (Å²) in [5, 5.41) is 1.20. The predicted octanol–water partition coefficient (Wildman–Crippen LogP) is 2.31. The van der Waals surface area contributed by atoms with Crippen molar-refractivity contribution in [3.05, 3.63) is 23.5 Å². The van der Waals surface area contributed by atoms with Crippen LogP contribution in [0.4, 0.5) is 0 Å². The number of aromatic nitrogens is 2. The third-order valence-electron chi connectivity index (χ3n) is 3.22. The fourth-order valence-electron chi connectivity index (χ4n) is 2.17. The maximum Gasteiger partial charge on any atom is 0.238 e. The van der Waals surface area contributed by atoms with Gasteiger partial charge < -0.3 is 14.0 Å². The number of hydrogen-bond acceptors (Lipinski definition) is 3. The Bertz CT molecular complexity index is 532. The summed E-state index contributed by atoms with van der Waals surface area (Å²) in [6, 6.07) is 2.03. The summed E-state index contributed by atoms with van der Waals surface area (Å²) in [5.41, 5.74) is 3.57. The van der Waals surface area contributed by atoms with Crippen LogP contribution in [0.25, 0.3) is 10.9 Å². The highest BCUT2D eigenvalue weighted by molar-refractivity contribution is 5.88. The van der Waals surface area contributed by atoms with Crippen molar-refractivity contribution in [3.63, 3.8) is 0 Å². The first-order valence-corrected chi connectivity index (χ1v) is 5.68. The first-order chi connectivity index (χ1) is 8.20. The van der Waals surface area contributed by atoms with Crippen molar-refractivity contribution in [2.75, 3.05) is 20.8 Å². The van der Waals surface area contributed by atoms with Gasteiger partial charge in [-0.1, -0.05) is 0 Å². The largest absolute Gasteiger partial charge is 0.479 e. The Morgan fingerprint density at radius 1 is 1.29 bits per heavy atom. The lowest BCUT2D eigenvalue weighted by Gasteiger charge is -2.09. The molecule has 0 unspecified atom stereocenters. The van der Waals surface area contributed by atoms with Crippen molar-refractivity contribution in [3.8, 4) is 5.88 Å². The molecule has 17 heavy (non-hydrogen) atoms. The minimum absolute atomic E-state index is 0.676. The summed E-state index contributed by atoms with van der Waals surface area (Å²) in [6.45, 7) is 5.74. The highest BCUT2D eigenvalue weighted by Crippen LogP contribution is 2.30. The molecule has 0 fully saturated rings. The monoisotopic (exact) mass is 234 g/mol. The predicted molar refractivity (Wildman–Crippen MR) is 67.6 cm³/mol. The van der Waals surface area contributed by atoms with Crippen molar-refractivity contribution >= 4 is 10.9 Å². The van der Waals surface area contributed by atoms with Crippen LogP contribution in [0.5, 0.6) is 5.88 Å². The molecule has 2 heterocycles. The lowest BCUT2D eigenvalue weighted by molar-refractivity contribution is 0.187. The van der Waals surface area contributed by atoms with Gasteiger partial charge in [0.05, 0.1) is 13.7 Å². The number of nitrogens with zero attached hydrogens (tertiary/aromatic N) is 2. The van der Waals surface area contributed by atoms with E-state index in [1.807, 2.05) is 6.07 Å². The molecule has 0 aliphatic carbocycles. The van der Waals surface area contributed by atoms with E-state index in [2.05, 4.69) is 23.4 Å². The van der Waals surface area contributed by atoms with E-state index >= 15 is 0 Å². The van der Waals surface area contributed by atoms with Crippen LogP contribution in [0.2, 0.25) is 0 Å². The SMILES string of the molecule is COCCn1c(C)c(C)c2ccnc(OC)c21. The zero-order valence-electron chi connectivity index (χ0n) is 10.8. The minimum atomic E-state index is 0.676. The van der Waals surface area contributed by atoms with E-state index in [4.69, 9.17) is 9.47 Å². The van der Waals surface area contributed by atoms with Crippen LogP contribution in [-0.2, 0) is 11.3 Å². The average molecular weight is 234 g/mol. The summed E-state index contributed by atoms with van der Waals surface area (Å²) in [5.74, 6) is 0.676. The third kappa shape index (κ3) is 1.89. The molecular weight excluding hydrogens is 216 g/mol. The molecule has 2 aromatic heterocycles. The molecule has 0 aromatic carbocycles. The van der Waals surface area contributed by atoms with Gasteiger partial charge >= 0.3 is 0 Å². The molecule has 0 atom stereocenters. The van der Waals surface area contributed by atoms with Crippen LogP contribution in [0.3, 0.4) is 0 Å². The van der Waals surface area contributed by atoms with Crippen molar-refractivity contribution in [2.45, 2.75) is 20.4 Å². The number of ether oxygens (including phenoxy) is 2. The quantitative estimate of drug-likeness (QED) is 0.814. The maximum absolute atomic E-state index is 5.34. The molecule has 0 N–H and O–H groups in total. The number of rotatable bonds is 4. The molecule has 0 saturated carbocycles. The second-order valence-electron chi connectivity index (χ2n) is 4.07. The molecule has 92 valence electrons. The van der Waals surface area contributed by atoms with E-state index in [0.717, 1.165) is 12.1 Å². The molecule has 4 nitrogen and oxygen atoms in total. The van der Waals surface area contributed by atoms with Crippen LogP contribution < -0.4 is 4.74 Å². The molecule has 0 amide bonds. The van der Waals surface area contributed by atoms with Crippen molar-refractivity contribution < 1.29 is 9.47 Å². The number of hydrogen-bond donors (Lipinski definition) is 0. The Balaban J connectivity index is 2.67. The third-order valence-corrected chi connectivity index (χ3v) is 3.22. The molecule has 0 spiro atoms. The van der Waals surface area contributed by atoms with Gasteiger partial charge in [-0.2, -0.15) is 0 Å². The van der Waals surface area contributed by atoms with Gasteiger partial charge in [0.25, 0.3) is 0 Å². The molecule has 0 saturated heterocycles. The minimum Gasteiger partial charge on any atom is -0.479 e. The summed E-state index contributed by atoms with van der Waals surface area (Å²) in [7, 11) is 3.36. The Morgan fingerprint density at radius 3 is 2.71 bits per heavy atom. The van der Waals surface area contributed by atoms with E-state index in [-0.39, 0.29) is 0 Å². The first kappa shape index (κ1) is 11.9. The topological polar surface area (TPSA) is 36.3 Å². The highest BCUT2D eigenvalue weighted by atomic mass is 16.5. The number of pyridine rings is 1. The smallest absolute Gasteiger partial charge is 0.238 e. The van der Waals surface area contributed by atoms with Crippen molar-refractivity contribution in [1.82, 2.24) is 9.55 Å². The Hall–Kier alpha value is -1.55. The molecule has 0 radical (unpaired) electrons. The standard InChI is InChI=1S/C13H18N2O2/c1-9-10(2)15(7-8-16-3)12-11(9)5-6-14-13(12)17-4/h5-6H,7-8H2,1-4H3. The fourth-order valence-corrected chi connectivity index (χ4v) is 2.17. The molecule has 2 aromatic rings. The molecule has 2 rings (SSSR count). The van der Waals surface area contributed by atoms with E-state index < -0.39 is 0 Å². The van der Waals surface area contributed by atoms with E-state index in [9.17, 15) is 0 Å². The summed E-state index contributed by atoms with van der Waals surface area (Å²) < 4.78 is 12.7. The van der Waals surface area contributed by atoms with Crippen molar-refractivity contribution in [2.24, 2.45) is 0 Å². The normalized spacial score (nSPS) is 11.1. The number of methoxy groups -OCH3 is 2. The molecule has 0 aliphatic rings. The van der Waals surface area contributed by atoms with Gasteiger partial charge in [0.1, 0.15) is 5.52 Å². The summed E-state index contributed by atoms with van der Waals surface area (Å²) >= 11 is 0. The average Bonchev–Trinajstić information content (AvgIpc) is 2.60. The second-order valence-corrected chi connectivity index (χ2v) is 4.07. The molecule has 4 heteroatoms. The maximum atomic E-state index is 5.34. The first-order valence-electron chi connectivity index (χ1n) is 5.68. The van der Waals surface area contributed by atoms with Gasteiger partial charge in [0, 0.05) is 30.9 Å². The Morgan fingerprint density at radius 2 is 2.06 bits per heavy atom. The van der Waals surface area contributed by atoms with E-state index in [0.29, 0.717) is 12.5 Å². The van der Waals surface area contributed by atoms with Gasteiger partial charge in [-0.3, -0.25) is 0 Å². The lowest BCUT2D eigenvalue weighted by Crippen LogP contribution is -2.06. The van der Waals surface area contributed by atoms with Crippen molar-refractivity contribution in [1.29, 1.82) is 0 Å². The molecule has 0 aliphatic heterocycles. The van der Waals surface area contributed by atoms with Gasteiger partial charge in [-0.05, 0) is 25.5 Å². The second kappa shape index (κ2) is 4.75. The molecule has 0 bridgehead atoms. The van der Waals surface area contributed by atoms with Gasteiger partial charge in [-0.15, -0.1) is 0 Å². The highest BCUT2D eigenvalue weighted by Gasteiger charge is 2.15. The zero-order chi connectivity index (χ0) is 12.4. The Labute approximate surface area is 101 Å². The Kier molecular flexibility index (Phi) is 3.33. The van der Waals surface area contributed by atoms with Gasteiger partial charge in [-0.25, -0.2) is 4.98 Å². The van der Waals surface area contributed by atoms with Crippen LogP contribution in [-0.4, -0.2) is 30.4 Å². The number of fused-ring (bicyclic) bond motifs is 1.